The molecule has 0 saturated carbocycles. The number of furan rings is 1. The number of carbonyl (C=O) groups excluding carboxylic acids is 1. The van der Waals surface area contributed by atoms with Crippen molar-refractivity contribution in [2.24, 2.45) is 0 Å². The van der Waals surface area contributed by atoms with E-state index in [1.54, 1.807) is 18.0 Å². The molecule has 2 aromatic heterocycles. The summed E-state index contributed by atoms with van der Waals surface area (Å²) >= 11 is 0. The van der Waals surface area contributed by atoms with Crippen LogP contribution in [0, 0.1) is 6.92 Å². The van der Waals surface area contributed by atoms with Crippen LogP contribution >= 0.6 is 0 Å². The molecule has 0 unspecified atom stereocenters. The molecular weight excluding hydrogens is 374 g/mol. The van der Waals surface area contributed by atoms with Gasteiger partial charge >= 0.3 is 0 Å². The van der Waals surface area contributed by atoms with E-state index in [4.69, 9.17) is 9.52 Å². The van der Waals surface area contributed by atoms with E-state index >= 15 is 0 Å². The maximum atomic E-state index is 12.6. The summed E-state index contributed by atoms with van der Waals surface area (Å²) in [4.78, 5) is 14.3. The molecule has 4 rings (SSSR count). The fraction of sp³-hybridized carbons (Fsp3) is 0.120. The molecule has 0 bridgehead atoms. The number of nitrogens with zero attached hydrogens (tertiary/aromatic N) is 3. The molecule has 0 aliphatic carbocycles. The lowest BCUT2D eigenvalue weighted by Gasteiger charge is -2.15. The maximum Gasteiger partial charge on any atom is 0.246 e. The van der Waals surface area contributed by atoms with E-state index in [0.717, 1.165) is 28.3 Å². The Labute approximate surface area is 175 Å². The van der Waals surface area contributed by atoms with E-state index in [9.17, 15) is 4.79 Å². The Morgan fingerprint density at radius 3 is 2.40 bits per heavy atom. The third kappa shape index (κ3) is 4.41. The number of para-hydroxylation sites is 1. The Hall–Kier alpha value is -3.86. The van der Waals surface area contributed by atoms with E-state index in [2.05, 4.69) is 0 Å². The molecule has 0 radical (unpaired) electrons. The number of hydrogen-bond acceptors (Lipinski definition) is 3. The van der Waals surface area contributed by atoms with Crippen LogP contribution in [-0.4, -0.2) is 27.6 Å². The van der Waals surface area contributed by atoms with Crippen LogP contribution in [0.25, 0.3) is 23.0 Å². The van der Waals surface area contributed by atoms with Crippen molar-refractivity contribution in [2.75, 3.05) is 7.05 Å². The van der Waals surface area contributed by atoms with Gasteiger partial charge in [-0.25, -0.2) is 4.68 Å². The first-order valence-corrected chi connectivity index (χ1v) is 9.79. The molecule has 0 N–H and O–H groups in total. The highest BCUT2D eigenvalue weighted by Gasteiger charge is 2.15. The molecule has 150 valence electrons. The van der Waals surface area contributed by atoms with Gasteiger partial charge < -0.3 is 9.32 Å². The highest BCUT2D eigenvalue weighted by molar-refractivity contribution is 5.91. The van der Waals surface area contributed by atoms with E-state index in [-0.39, 0.29) is 5.91 Å². The molecule has 0 aliphatic rings. The molecule has 2 heterocycles. The predicted octanol–water partition coefficient (Wildman–Crippen LogP) is 5.11. The average molecular weight is 397 g/mol. The lowest BCUT2D eigenvalue weighted by Crippen LogP contribution is -2.24. The standard InChI is InChI=1S/C25H23N3O2/c1-19-13-14-23(30-19)15-16-24(29)27(2)17-21-18-28(22-11-7-4-8-12-22)26-25(21)20-9-5-3-6-10-20/h3-16,18H,17H2,1-2H3. The van der Waals surface area contributed by atoms with Crippen molar-refractivity contribution in [3.8, 4) is 16.9 Å². The van der Waals surface area contributed by atoms with Gasteiger partial charge in [0, 0.05) is 37.0 Å². The zero-order valence-electron chi connectivity index (χ0n) is 17.0. The van der Waals surface area contributed by atoms with Crippen molar-refractivity contribution >= 4 is 12.0 Å². The van der Waals surface area contributed by atoms with Gasteiger partial charge in [-0.05, 0) is 37.3 Å². The molecule has 0 saturated heterocycles. The van der Waals surface area contributed by atoms with Crippen molar-refractivity contribution in [3.63, 3.8) is 0 Å². The van der Waals surface area contributed by atoms with Gasteiger partial charge in [0.15, 0.2) is 0 Å². The van der Waals surface area contributed by atoms with Crippen molar-refractivity contribution in [1.82, 2.24) is 14.7 Å². The number of carbonyl (C=O) groups is 1. The van der Waals surface area contributed by atoms with Gasteiger partial charge in [0.25, 0.3) is 0 Å². The van der Waals surface area contributed by atoms with Crippen LogP contribution in [0.5, 0.6) is 0 Å². The fourth-order valence-electron chi connectivity index (χ4n) is 3.23. The third-order valence-electron chi connectivity index (χ3n) is 4.79. The van der Waals surface area contributed by atoms with Crippen LogP contribution in [0.1, 0.15) is 17.1 Å². The normalized spacial score (nSPS) is 11.1. The Balaban J connectivity index is 1.59. The summed E-state index contributed by atoms with van der Waals surface area (Å²) in [7, 11) is 1.79. The Bertz CT molecular complexity index is 1160. The first kappa shape index (κ1) is 19.5. The van der Waals surface area contributed by atoms with Gasteiger partial charge in [-0.3, -0.25) is 4.79 Å². The molecule has 0 spiro atoms. The monoisotopic (exact) mass is 397 g/mol. The minimum atomic E-state index is -0.101. The largest absolute Gasteiger partial charge is 0.462 e. The Morgan fingerprint density at radius 1 is 1.03 bits per heavy atom. The van der Waals surface area contributed by atoms with E-state index in [1.165, 1.54) is 6.08 Å². The summed E-state index contributed by atoms with van der Waals surface area (Å²) in [6.07, 6.45) is 5.21. The van der Waals surface area contributed by atoms with Crippen LogP contribution in [0.15, 0.2) is 89.5 Å². The fourth-order valence-corrected chi connectivity index (χ4v) is 3.23. The van der Waals surface area contributed by atoms with Gasteiger partial charge in [-0.15, -0.1) is 0 Å². The van der Waals surface area contributed by atoms with Crippen molar-refractivity contribution in [1.29, 1.82) is 0 Å². The number of likely N-dealkylation sites (N-methyl/N-ethyl adjacent to an activating group) is 1. The number of rotatable bonds is 6. The number of aryl methyl sites for hydroxylation is 1. The summed E-state index contributed by atoms with van der Waals surface area (Å²) in [5.74, 6) is 1.38. The van der Waals surface area contributed by atoms with Gasteiger partial charge in [-0.1, -0.05) is 48.5 Å². The lowest BCUT2D eigenvalue weighted by atomic mass is 10.1. The summed E-state index contributed by atoms with van der Waals surface area (Å²) in [6.45, 7) is 2.32. The molecule has 30 heavy (non-hydrogen) atoms. The first-order valence-electron chi connectivity index (χ1n) is 9.79. The minimum Gasteiger partial charge on any atom is -0.462 e. The summed E-state index contributed by atoms with van der Waals surface area (Å²) in [5.41, 5.74) is 3.83. The molecule has 4 aromatic rings. The Morgan fingerprint density at radius 2 is 1.73 bits per heavy atom. The SMILES string of the molecule is Cc1ccc(C=CC(=O)N(C)Cc2cn(-c3ccccc3)nc2-c2ccccc2)o1. The van der Waals surface area contributed by atoms with Crippen LogP contribution in [0.3, 0.4) is 0 Å². The second kappa shape index (κ2) is 8.66. The lowest BCUT2D eigenvalue weighted by molar-refractivity contribution is -0.125. The first-order chi connectivity index (χ1) is 14.6. The smallest absolute Gasteiger partial charge is 0.246 e. The highest BCUT2D eigenvalue weighted by atomic mass is 16.3. The van der Waals surface area contributed by atoms with Crippen LogP contribution in [0.4, 0.5) is 0 Å². The Kier molecular flexibility index (Phi) is 5.61. The maximum absolute atomic E-state index is 12.6. The van der Waals surface area contributed by atoms with Gasteiger partial charge in [0.2, 0.25) is 5.91 Å². The summed E-state index contributed by atoms with van der Waals surface area (Å²) in [6, 6.07) is 23.7. The molecule has 5 heteroatoms. The molecule has 5 nitrogen and oxygen atoms in total. The van der Waals surface area contributed by atoms with E-state index < -0.39 is 0 Å². The van der Waals surface area contributed by atoms with Crippen LogP contribution in [-0.2, 0) is 11.3 Å². The topological polar surface area (TPSA) is 51.3 Å². The van der Waals surface area contributed by atoms with Gasteiger partial charge in [-0.2, -0.15) is 5.10 Å². The minimum absolute atomic E-state index is 0.101. The summed E-state index contributed by atoms with van der Waals surface area (Å²) in [5, 5.41) is 4.81. The molecule has 2 aromatic carbocycles. The molecule has 1 amide bonds. The van der Waals surface area contributed by atoms with Gasteiger partial charge in [0.1, 0.15) is 11.5 Å². The number of hydrogen-bond donors (Lipinski definition) is 0. The second-order valence-electron chi connectivity index (χ2n) is 7.13. The zero-order valence-corrected chi connectivity index (χ0v) is 17.0. The van der Waals surface area contributed by atoms with Crippen molar-refractivity contribution in [2.45, 2.75) is 13.5 Å². The molecular formula is C25H23N3O2. The number of aromatic nitrogens is 2. The molecule has 0 fully saturated rings. The third-order valence-corrected chi connectivity index (χ3v) is 4.79. The molecule has 0 aliphatic heterocycles. The van der Waals surface area contributed by atoms with Crippen LogP contribution < -0.4 is 0 Å². The quantitative estimate of drug-likeness (QED) is 0.425. The number of amides is 1. The van der Waals surface area contributed by atoms with E-state index in [1.807, 2.05) is 90.6 Å². The van der Waals surface area contributed by atoms with Crippen molar-refractivity contribution < 1.29 is 9.21 Å². The second-order valence-corrected chi connectivity index (χ2v) is 7.13. The van der Waals surface area contributed by atoms with E-state index in [0.29, 0.717) is 12.3 Å². The highest BCUT2D eigenvalue weighted by Crippen LogP contribution is 2.24. The molecule has 0 atom stereocenters. The summed E-state index contributed by atoms with van der Waals surface area (Å²) < 4.78 is 7.35. The zero-order chi connectivity index (χ0) is 20.9. The van der Waals surface area contributed by atoms with Crippen molar-refractivity contribution in [3.05, 3.63) is 102 Å². The average Bonchev–Trinajstić information content (AvgIpc) is 3.39. The number of benzene rings is 2. The van der Waals surface area contributed by atoms with Crippen LogP contribution in [0.2, 0.25) is 0 Å². The predicted molar refractivity (Wildman–Crippen MR) is 118 cm³/mol. The van der Waals surface area contributed by atoms with Gasteiger partial charge in [0.05, 0.1) is 11.4 Å².